The smallest absolute Gasteiger partial charge is 0.271 e. The van der Waals surface area contributed by atoms with E-state index >= 15 is 0 Å². The van der Waals surface area contributed by atoms with Crippen LogP contribution >= 0.6 is 0 Å². The number of benzene rings is 1. The van der Waals surface area contributed by atoms with Crippen molar-refractivity contribution in [3.05, 3.63) is 33.9 Å². The molecule has 1 N–H and O–H groups in total. The largest absolute Gasteiger partial charge is 0.324 e. The van der Waals surface area contributed by atoms with Gasteiger partial charge in [-0.3, -0.25) is 29.4 Å². The van der Waals surface area contributed by atoms with E-state index < -0.39 is 10.8 Å². The molecule has 3 amide bonds. The molecule has 2 rings (SSSR count). The summed E-state index contributed by atoms with van der Waals surface area (Å²) in [5, 5.41) is 13.2. The Labute approximate surface area is 119 Å². The Balaban J connectivity index is 2.09. The van der Waals surface area contributed by atoms with Crippen molar-refractivity contribution in [2.75, 3.05) is 11.9 Å². The Bertz CT molecular complexity index is 625. The molecule has 1 aromatic carbocycles. The second-order valence-electron chi connectivity index (χ2n) is 4.68. The number of nitrogens with one attached hydrogen (secondary N) is 1. The van der Waals surface area contributed by atoms with E-state index in [1.807, 2.05) is 0 Å². The van der Waals surface area contributed by atoms with E-state index in [9.17, 15) is 24.5 Å². The molecule has 0 radical (unpaired) electrons. The molecular weight excluding hydrogens is 278 g/mol. The van der Waals surface area contributed by atoms with Crippen LogP contribution in [0.3, 0.4) is 0 Å². The maximum absolute atomic E-state index is 11.9. The van der Waals surface area contributed by atoms with Crippen molar-refractivity contribution >= 4 is 29.1 Å². The Kier molecular flexibility index (Phi) is 3.97. The first kappa shape index (κ1) is 14.6. The summed E-state index contributed by atoms with van der Waals surface area (Å²) in [4.78, 5) is 45.7. The molecule has 1 saturated heterocycles. The molecule has 1 fully saturated rings. The van der Waals surface area contributed by atoms with Gasteiger partial charge >= 0.3 is 0 Å². The SMILES string of the molecule is Cc1ccc([N+](=O)[O-])cc1NC(=O)CN1C(=O)CCC1=O. The van der Waals surface area contributed by atoms with Crippen molar-refractivity contribution in [2.24, 2.45) is 0 Å². The normalized spacial score (nSPS) is 14.4. The van der Waals surface area contributed by atoms with E-state index in [1.54, 1.807) is 6.92 Å². The number of carbonyl (C=O) groups is 3. The number of nitro benzene ring substituents is 1. The van der Waals surface area contributed by atoms with E-state index in [0.717, 1.165) is 4.90 Å². The number of hydrogen-bond acceptors (Lipinski definition) is 5. The van der Waals surface area contributed by atoms with Crippen LogP contribution in [0.15, 0.2) is 18.2 Å². The van der Waals surface area contributed by atoms with Crippen LogP contribution in [0.25, 0.3) is 0 Å². The quantitative estimate of drug-likeness (QED) is 0.505. The molecular formula is C13H13N3O5. The van der Waals surface area contributed by atoms with Crippen molar-refractivity contribution in [1.82, 2.24) is 4.90 Å². The summed E-state index contributed by atoms with van der Waals surface area (Å²) < 4.78 is 0. The van der Waals surface area contributed by atoms with Gasteiger partial charge in [-0.05, 0) is 12.5 Å². The van der Waals surface area contributed by atoms with Crippen LogP contribution in [-0.4, -0.2) is 34.1 Å². The van der Waals surface area contributed by atoms with Gasteiger partial charge in [0, 0.05) is 25.0 Å². The molecule has 8 heteroatoms. The minimum Gasteiger partial charge on any atom is -0.324 e. The number of non-ortho nitro benzene ring substituents is 1. The van der Waals surface area contributed by atoms with Gasteiger partial charge in [-0.15, -0.1) is 0 Å². The summed E-state index contributed by atoms with van der Waals surface area (Å²) >= 11 is 0. The van der Waals surface area contributed by atoms with Crippen LogP contribution in [0.4, 0.5) is 11.4 Å². The van der Waals surface area contributed by atoms with Gasteiger partial charge in [-0.25, -0.2) is 0 Å². The fourth-order valence-corrected chi connectivity index (χ4v) is 1.99. The molecule has 1 aromatic rings. The van der Waals surface area contributed by atoms with E-state index in [2.05, 4.69) is 5.32 Å². The number of likely N-dealkylation sites (tertiary alicyclic amines) is 1. The zero-order valence-electron chi connectivity index (χ0n) is 11.3. The first-order valence-corrected chi connectivity index (χ1v) is 6.26. The molecule has 110 valence electrons. The summed E-state index contributed by atoms with van der Waals surface area (Å²) in [5.41, 5.74) is 0.783. The minimum atomic E-state index is -0.567. The Morgan fingerprint density at radius 2 is 1.95 bits per heavy atom. The summed E-state index contributed by atoms with van der Waals surface area (Å²) in [6.07, 6.45) is 0.226. The summed E-state index contributed by atoms with van der Waals surface area (Å²) in [7, 11) is 0. The predicted octanol–water partition coefficient (Wildman–Crippen LogP) is 0.991. The monoisotopic (exact) mass is 291 g/mol. The van der Waals surface area contributed by atoms with Crippen molar-refractivity contribution in [1.29, 1.82) is 0 Å². The Hall–Kier alpha value is -2.77. The van der Waals surface area contributed by atoms with Gasteiger partial charge in [0.05, 0.1) is 10.6 Å². The van der Waals surface area contributed by atoms with Crippen LogP contribution in [-0.2, 0) is 14.4 Å². The maximum atomic E-state index is 11.9. The molecule has 1 aliphatic rings. The highest BCUT2D eigenvalue weighted by molar-refractivity contribution is 6.06. The molecule has 0 spiro atoms. The average molecular weight is 291 g/mol. The first-order valence-electron chi connectivity index (χ1n) is 6.26. The standard InChI is InChI=1S/C13H13N3O5/c1-8-2-3-9(16(20)21)6-10(8)14-11(17)7-15-12(18)4-5-13(15)19/h2-3,6H,4-5,7H2,1H3,(H,14,17). The number of aryl methyl sites for hydroxylation is 1. The molecule has 0 aliphatic carbocycles. The fourth-order valence-electron chi connectivity index (χ4n) is 1.99. The number of amides is 3. The van der Waals surface area contributed by atoms with Gasteiger partial charge in [0.1, 0.15) is 6.54 Å². The molecule has 1 aliphatic heterocycles. The van der Waals surface area contributed by atoms with Gasteiger partial charge in [0.25, 0.3) is 5.69 Å². The van der Waals surface area contributed by atoms with Crippen LogP contribution < -0.4 is 5.32 Å². The Morgan fingerprint density at radius 3 is 2.52 bits per heavy atom. The third-order valence-corrected chi connectivity index (χ3v) is 3.16. The summed E-state index contributed by atoms with van der Waals surface area (Å²) in [6, 6.07) is 4.08. The third-order valence-electron chi connectivity index (χ3n) is 3.16. The van der Waals surface area contributed by atoms with Gasteiger partial charge < -0.3 is 5.32 Å². The van der Waals surface area contributed by atoms with Crippen LogP contribution in [0.5, 0.6) is 0 Å². The molecule has 0 bridgehead atoms. The van der Waals surface area contributed by atoms with Gasteiger partial charge in [-0.1, -0.05) is 6.07 Å². The van der Waals surface area contributed by atoms with E-state index in [0.29, 0.717) is 5.56 Å². The van der Waals surface area contributed by atoms with Gasteiger partial charge in [0.15, 0.2) is 0 Å². The molecule has 0 unspecified atom stereocenters. The predicted molar refractivity (Wildman–Crippen MR) is 72.4 cm³/mol. The van der Waals surface area contributed by atoms with Crippen LogP contribution in [0.1, 0.15) is 18.4 Å². The van der Waals surface area contributed by atoms with Crippen LogP contribution in [0.2, 0.25) is 0 Å². The zero-order valence-corrected chi connectivity index (χ0v) is 11.3. The highest BCUT2D eigenvalue weighted by Gasteiger charge is 2.30. The molecule has 0 atom stereocenters. The lowest BCUT2D eigenvalue weighted by molar-refractivity contribution is -0.384. The minimum absolute atomic E-state index is 0.113. The zero-order chi connectivity index (χ0) is 15.6. The summed E-state index contributed by atoms with van der Waals surface area (Å²) in [6.45, 7) is 1.31. The molecule has 1 heterocycles. The number of rotatable bonds is 4. The number of carbonyl (C=O) groups excluding carboxylic acids is 3. The van der Waals surface area contributed by atoms with Crippen molar-refractivity contribution < 1.29 is 19.3 Å². The summed E-state index contributed by atoms with van der Waals surface area (Å²) in [5.74, 6) is -1.33. The maximum Gasteiger partial charge on any atom is 0.271 e. The highest BCUT2D eigenvalue weighted by atomic mass is 16.6. The second kappa shape index (κ2) is 5.70. The lowest BCUT2D eigenvalue weighted by Gasteiger charge is -2.14. The third kappa shape index (κ3) is 3.22. The highest BCUT2D eigenvalue weighted by Crippen LogP contribution is 2.22. The molecule has 8 nitrogen and oxygen atoms in total. The van der Waals surface area contributed by atoms with E-state index in [4.69, 9.17) is 0 Å². The van der Waals surface area contributed by atoms with Crippen molar-refractivity contribution in [2.45, 2.75) is 19.8 Å². The van der Waals surface area contributed by atoms with Crippen molar-refractivity contribution in [3.63, 3.8) is 0 Å². The fraction of sp³-hybridized carbons (Fsp3) is 0.308. The molecule has 21 heavy (non-hydrogen) atoms. The van der Waals surface area contributed by atoms with Crippen LogP contribution in [0, 0.1) is 17.0 Å². The number of anilines is 1. The number of nitro groups is 1. The molecule has 0 saturated carbocycles. The number of hydrogen-bond donors (Lipinski definition) is 1. The van der Waals surface area contributed by atoms with E-state index in [-0.39, 0.29) is 42.6 Å². The van der Waals surface area contributed by atoms with E-state index in [1.165, 1.54) is 18.2 Å². The number of imide groups is 1. The van der Waals surface area contributed by atoms with Gasteiger partial charge in [-0.2, -0.15) is 0 Å². The number of nitrogens with zero attached hydrogens (tertiary/aromatic N) is 2. The van der Waals surface area contributed by atoms with Crippen molar-refractivity contribution in [3.8, 4) is 0 Å². The average Bonchev–Trinajstić information content (AvgIpc) is 2.73. The first-order chi connectivity index (χ1) is 9.88. The molecule has 0 aromatic heterocycles. The topological polar surface area (TPSA) is 110 Å². The Morgan fingerprint density at radius 1 is 1.33 bits per heavy atom. The lowest BCUT2D eigenvalue weighted by Crippen LogP contribution is -2.37. The van der Waals surface area contributed by atoms with Gasteiger partial charge in [0.2, 0.25) is 17.7 Å². The second-order valence-corrected chi connectivity index (χ2v) is 4.68. The lowest BCUT2D eigenvalue weighted by atomic mass is 10.2.